The third-order valence-electron chi connectivity index (χ3n) is 3.96. The van der Waals surface area contributed by atoms with E-state index in [0.29, 0.717) is 6.54 Å². The topological polar surface area (TPSA) is 49.9 Å². The highest BCUT2D eigenvalue weighted by molar-refractivity contribution is 7.86. The molecular weight excluding hydrogens is 288 g/mol. The molecule has 1 saturated heterocycles. The van der Waals surface area contributed by atoms with Crippen molar-refractivity contribution in [3.8, 4) is 5.75 Å². The lowest BCUT2D eigenvalue weighted by Crippen LogP contribution is -2.42. The smallest absolute Gasteiger partial charge is 0.282 e. The van der Waals surface area contributed by atoms with E-state index < -0.39 is 10.2 Å². The third-order valence-corrected chi connectivity index (χ3v) is 5.91. The van der Waals surface area contributed by atoms with Crippen LogP contribution >= 0.6 is 0 Å². The van der Waals surface area contributed by atoms with Gasteiger partial charge in [-0.15, -0.1) is 0 Å². The first-order chi connectivity index (χ1) is 9.96. The van der Waals surface area contributed by atoms with Crippen LogP contribution in [-0.4, -0.2) is 44.8 Å². The van der Waals surface area contributed by atoms with Crippen LogP contribution in [0.4, 0.5) is 0 Å². The van der Waals surface area contributed by atoms with E-state index in [0.717, 1.165) is 37.0 Å². The molecule has 0 unspecified atom stereocenters. The average molecular weight is 312 g/mol. The zero-order valence-corrected chi connectivity index (χ0v) is 13.8. The highest BCUT2D eigenvalue weighted by Crippen LogP contribution is 2.33. The van der Waals surface area contributed by atoms with Gasteiger partial charge < -0.3 is 4.74 Å². The van der Waals surface area contributed by atoms with Gasteiger partial charge >= 0.3 is 0 Å². The minimum absolute atomic E-state index is 0.0918. The normalized spacial score (nSPS) is 21.2. The van der Waals surface area contributed by atoms with Gasteiger partial charge in [-0.1, -0.05) is 25.0 Å². The maximum Gasteiger partial charge on any atom is 0.282 e. The first-order valence-corrected chi connectivity index (χ1v) is 8.69. The van der Waals surface area contributed by atoms with Gasteiger partial charge in [-0.05, 0) is 30.5 Å². The van der Waals surface area contributed by atoms with Crippen LogP contribution in [0.2, 0.25) is 0 Å². The molecule has 1 atom stereocenters. The molecule has 6 heteroatoms. The Balaban J connectivity index is 2.35. The summed E-state index contributed by atoms with van der Waals surface area (Å²) in [6.07, 6.45) is 3.90. The van der Waals surface area contributed by atoms with Gasteiger partial charge in [0.1, 0.15) is 5.75 Å². The third kappa shape index (κ3) is 3.56. The van der Waals surface area contributed by atoms with Crippen LogP contribution in [0, 0.1) is 0 Å². The lowest BCUT2D eigenvalue weighted by Gasteiger charge is -2.31. The van der Waals surface area contributed by atoms with E-state index in [-0.39, 0.29) is 6.04 Å². The monoisotopic (exact) mass is 312 g/mol. The lowest BCUT2D eigenvalue weighted by atomic mass is 10.0. The second kappa shape index (κ2) is 6.77. The van der Waals surface area contributed by atoms with Gasteiger partial charge in [0, 0.05) is 20.6 Å². The first kappa shape index (κ1) is 16.3. The first-order valence-electron chi connectivity index (χ1n) is 7.30. The summed E-state index contributed by atoms with van der Waals surface area (Å²) in [4.78, 5) is 0. The van der Waals surface area contributed by atoms with Gasteiger partial charge in [-0.3, -0.25) is 0 Å². The van der Waals surface area contributed by atoms with Gasteiger partial charge in [-0.25, -0.2) is 0 Å². The van der Waals surface area contributed by atoms with Gasteiger partial charge in [0.15, 0.2) is 0 Å². The second-order valence-corrected chi connectivity index (χ2v) is 7.63. The van der Waals surface area contributed by atoms with E-state index in [1.807, 2.05) is 24.3 Å². The van der Waals surface area contributed by atoms with Crippen molar-refractivity contribution >= 4 is 10.2 Å². The zero-order chi connectivity index (χ0) is 15.5. The second-order valence-electron chi connectivity index (χ2n) is 5.54. The van der Waals surface area contributed by atoms with E-state index in [1.54, 1.807) is 25.5 Å². The number of benzene rings is 1. The Hall–Kier alpha value is -1.11. The van der Waals surface area contributed by atoms with Crippen LogP contribution in [0.25, 0.3) is 0 Å². The van der Waals surface area contributed by atoms with E-state index >= 15 is 0 Å². The minimum atomic E-state index is -3.40. The molecule has 1 aromatic carbocycles. The number of nitrogens with zero attached hydrogens (tertiary/aromatic N) is 2. The molecule has 0 amide bonds. The van der Waals surface area contributed by atoms with E-state index in [1.165, 1.54) is 4.31 Å². The molecule has 118 valence electrons. The molecule has 0 bridgehead atoms. The molecule has 0 saturated carbocycles. The number of ether oxygens (including phenoxy) is 1. The minimum Gasteiger partial charge on any atom is -0.497 e. The van der Waals surface area contributed by atoms with Crippen molar-refractivity contribution in [2.24, 2.45) is 0 Å². The number of methoxy groups -OCH3 is 1. The van der Waals surface area contributed by atoms with Crippen molar-refractivity contribution in [1.82, 2.24) is 8.61 Å². The Bertz CT molecular complexity index is 555. The predicted octanol–water partition coefficient (Wildman–Crippen LogP) is 2.42. The van der Waals surface area contributed by atoms with Gasteiger partial charge in [0.05, 0.1) is 13.2 Å². The van der Waals surface area contributed by atoms with Crippen LogP contribution in [0.3, 0.4) is 0 Å². The maximum atomic E-state index is 12.6. The molecule has 1 aliphatic heterocycles. The summed E-state index contributed by atoms with van der Waals surface area (Å²) < 4.78 is 33.3. The van der Waals surface area contributed by atoms with Crippen LogP contribution in [0.15, 0.2) is 24.3 Å². The largest absolute Gasteiger partial charge is 0.497 e. The molecule has 1 aromatic rings. The Morgan fingerprint density at radius 1 is 1.14 bits per heavy atom. The standard InChI is InChI=1S/C15H24N2O3S/c1-16(2)21(18,19)17-12-6-4-5-7-15(17)13-8-10-14(20-3)11-9-13/h8-11,15H,4-7,12H2,1-3H3/t15-/m1/s1. The molecule has 1 fully saturated rings. The molecule has 0 aromatic heterocycles. The van der Waals surface area contributed by atoms with Crippen LogP contribution in [-0.2, 0) is 10.2 Å². The molecule has 0 N–H and O–H groups in total. The SMILES string of the molecule is COc1ccc([C@H]2CCCCCN2S(=O)(=O)N(C)C)cc1. The number of hydrogen-bond donors (Lipinski definition) is 0. The zero-order valence-electron chi connectivity index (χ0n) is 12.9. The Kier molecular flexibility index (Phi) is 5.24. The molecule has 2 rings (SSSR count). The summed E-state index contributed by atoms with van der Waals surface area (Å²) in [6, 6.07) is 7.62. The van der Waals surface area contributed by atoms with Gasteiger partial charge in [0.2, 0.25) is 0 Å². The fourth-order valence-electron chi connectivity index (χ4n) is 2.73. The summed E-state index contributed by atoms with van der Waals surface area (Å²) in [5, 5.41) is 0. The molecule has 5 nitrogen and oxygen atoms in total. The van der Waals surface area contributed by atoms with Crippen molar-refractivity contribution in [3.63, 3.8) is 0 Å². The molecule has 0 radical (unpaired) electrons. The summed E-state index contributed by atoms with van der Waals surface area (Å²) >= 11 is 0. The Labute approximate surface area is 127 Å². The molecule has 0 spiro atoms. The van der Waals surface area contributed by atoms with Crippen molar-refractivity contribution in [2.75, 3.05) is 27.7 Å². The summed E-state index contributed by atoms with van der Waals surface area (Å²) in [7, 11) is 1.40. The summed E-state index contributed by atoms with van der Waals surface area (Å²) in [5.41, 5.74) is 1.03. The van der Waals surface area contributed by atoms with Gasteiger partial charge in [-0.2, -0.15) is 17.0 Å². The predicted molar refractivity (Wildman–Crippen MR) is 83.5 cm³/mol. The summed E-state index contributed by atoms with van der Waals surface area (Å²) in [6.45, 7) is 0.581. The van der Waals surface area contributed by atoms with Crippen molar-refractivity contribution in [1.29, 1.82) is 0 Å². The van der Waals surface area contributed by atoms with Crippen molar-refractivity contribution < 1.29 is 13.2 Å². The molecule has 21 heavy (non-hydrogen) atoms. The lowest BCUT2D eigenvalue weighted by molar-refractivity contribution is 0.306. The Morgan fingerprint density at radius 2 is 1.81 bits per heavy atom. The van der Waals surface area contributed by atoms with Gasteiger partial charge in [0.25, 0.3) is 10.2 Å². The average Bonchev–Trinajstić information content (AvgIpc) is 2.73. The van der Waals surface area contributed by atoms with Crippen LogP contribution in [0.1, 0.15) is 37.3 Å². The molecule has 0 aliphatic carbocycles. The molecule has 1 aliphatic rings. The quantitative estimate of drug-likeness (QED) is 0.858. The van der Waals surface area contributed by atoms with Crippen LogP contribution in [0.5, 0.6) is 5.75 Å². The molecular formula is C15H24N2O3S. The fraction of sp³-hybridized carbons (Fsp3) is 0.600. The van der Waals surface area contributed by atoms with E-state index in [4.69, 9.17) is 4.74 Å². The van der Waals surface area contributed by atoms with Crippen molar-refractivity contribution in [2.45, 2.75) is 31.7 Å². The fourth-order valence-corrected chi connectivity index (χ4v) is 4.05. The number of rotatable bonds is 4. The highest BCUT2D eigenvalue weighted by Gasteiger charge is 2.33. The van der Waals surface area contributed by atoms with E-state index in [2.05, 4.69) is 0 Å². The van der Waals surface area contributed by atoms with Crippen LogP contribution < -0.4 is 4.74 Å². The number of hydrogen-bond acceptors (Lipinski definition) is 3. The summed E-state index contributed by atoms with van der Waals surface area (Å²) in [5.74, 6) is 0.786. The van der Waals surface area contributed by atoms with Crippen molar-refractivity contribution in [3.05, 3.63) is 29.8 Å². The molecule has 1 heterocycles. The van der Waals surface area contributed by atoms with E-state index in [9.17, 15) is 8.42 Å². The maximum absolute atomic E-state index is 12.6. The highest BCUT2D eigenvalue weighted by atomic mass is 32.2. The Morgan fingerprint density at radius 3 is 2.38 bits per heavy atom.